The minimum Gasteiger partial charge on any atom is -0.355 e. The molecule has 4 heterocycles. The van der Waals surface area contributed by atoms with Crippen molar-refractivity contribution in [2.24, 2.45) is 0 Å². The number of pyridine rings is 1. The van der Waals surface area contributed by atoms with Crippen molar-refractivity contribution < 1.29 is 0 Å². The highest BCUT2D eigenvalue weighted by Crippen LogP contribution is 2.31. The summed E-state index contributed by atoms with van der Waals surface area (Å²) in [6.07, 6.45) is 7.97. The van der Waals surface area contributed by atoms with Gasteiger partial charge in [-0.05, 0) is 25.0 Å². The molecule has 1 fully saturated rings. The van der Waals surface area contributed by atoms with Gasteiger partial charge in [-0.3, -0.25) is 0 Å². The molecule has 0 spiro atoms. The summed E-state index contributed by atoms with van der Waals surface area (Å²) in [6, 6.07) is 3.77. The summed E-state index contributed by atoms with van der Waals surface area (Å²) in [5.41, 5.74) is 2.96. The minimum absolute atomic E-state index is 0.380. The van der Waals surface area contributed by atoms with E-state index in [0.29, 0.717) is 10.9 Å². The summed E-state index contributed by atoms with van der Waals surface area (Å²) in [5, 5.41) is 2.80. The Morgan fingerprint density at radius 1 is 1.25 bits per heavy atom. The van der Waals surface area contributed by atoms with Gasteiger partial charge in [0.1, 0.15) is 11.6 Å². The lowest BCUT2D eigenvalue weighted by Crippen LogP contribution is -2.36. The van der Waals surface area contributed by atoms with E-state index in [1.807, 2.05) is 30.0 Å². The molecule has 3 aromatic heterocycles. The van der Waals surface area contributed by atoms with E-state index in [1.165, 1.54) is 0 Å². The smallest absolute Gasteiger partial charge is 0.147 e. The second-order valence-electron chi connectivity index (χ2n) is 5.99. The molecule has 0 saturated carbocycles. The van der Waals surface area contributed by atoms with Crippen LogP contribution in [0.2, 0.25) is 5.02 Å². The number of imidazole rings is 1. The van der Waals surface area contributed by atoms with Gasteiger partial charge in [0, 0.05) is 43.0 Å². The third kappa shape index (κ3) is 3.16. The first-order chi connectivity index (χ1) is 11.8. The molecule has 1 saturated heterocycles. The van der Waals surface area contributed by atoms with Gasteiger partial charge >= 0.3 is 0 Å². The van der Waals surface area contributed by atoms with Crippen LogP contribution in [0.5, 0.6) is 0 Å². The zero-order chi connectivity index (χ0) is 16.4. The van der Waals surface area contributed by atoms with Crippen LogP contribution in [0, 0.1) is 0 Å². The van der Waals surface area contributed by atoms with Crippen LogP contribution in [0.3, 0.4) is 0 Å². The Kier molecular flexibility index (Phi) is 4.49. The Morgan fingerprint density at radius 2 is 2.21 bits per heavy atom. The highest BCUT2D eigenvalue weighted by molar-refractivity contribution is 7.07. The maximum Gasteiger partial charge on any atom is 0.147 e. The second-order valence-corrected chi connectivity index (χ2v) is 7.11. The fourth-order valence-electron chi connectivity index (χ4n) is 3.29. The van der Waals surface area contributed by atoms with Gasteiger partial charge in [0.05, 0.1) is 22.8 Å². The Labute approximate surface area is 150 Å². The summed E-state index contributed by atoms with van der Waals surface area (Å²) in [4.78, 5) is 15.7. The van der Waals surface area contributed by atoms with E-state index in [1.54, 1.807) is 17.5 Å². The van der Waals surface area contributed by atoms with E-state index < -0.39 is 0 Å². The normalized spacial score (nSPS) is 18.0. The maximum absolute atomic E-state index is 6.32. The van der Waals surface area contributed by atoms with E-state index in [2.05, 4.69) is 29.8 Å². The van der Waals surface area contributed by atoms with Gasteiger partial charge in [0.15, 0.2) is 0 Å². The van der Waals surface area contributed by atoms with Crippen LogP contribution in [-0.4, -0.2) is 32.6 Å². The zero-order valence-electron chi connectivity index (χ0n) is 13.2. The van der Waals surface area contributed by atoms with Crippen molar-refractivity contribution in [1.29, 1.82) is 0 Å². The molecule has 0 bridgehead atoms. The molecule has 0 N–H and O–H groups in total. The number of nitrogens with zero attached hydrogens (tertiary/aromatic N) is 5. The summed E-state index contributed by atoms with van der Waals surface area (Å²) in [7, 11) is 0. The molecule has 1 aliphatic rings. The van der Waals surface area contributed by atoms with Gasteiger partial charge in [-0.2, -0.15) is 0 Å². The van der Waals surface area contributed by atoms with Crippen molar-refractivity contribution in [2.45, 2.75) is 25.3 Å². The van der Waals surface area contributed by atoms with E-state index in [0.717, 1.165) is 49.8 Å². The second kappa shape index (κ2) is 6.91. The Morgan fingerprint density at radius 3 is 3.04 bits per heavy atom. The van der Waals surface area contributed by atoms with Gasteiger partial charge in [-0.15, -0.1) is 11.3 Å². The standard InChI is InChI=1S/C17H18ClN5S/c18-15-4-1-5-19-17(15)22-7-2-3-13(9-22)16-20-6-8-23(16)10-14-11-24-12-21-14/h1,4-6,8,11-13H,2-3,7,9-10H2/t13-/m1/s1. The van der Waals surface area contributed by atoms with Crippen molar-refractivity contribution in [3.8, 4) is 0 Å². The first kappa shape index (κ1) is 15.6. The lowest BCUT2D eigenvalue weighted by molar-refractivity contribution is 0.473. The predicted molar refractivity (Wildman–Crippen MR) is 96.9 cm³/mol. The molecule has 4 rings (SSSR count). The minimum atomic E-state index is 0.380. The van der Waals surface area contributed by atoms with Crippen molar-refractivity contribution in [3.05, 3.63) is 58.2 Å². The lowest BCUT2D eigenvalue weighted by Gasteiger charge is -2.33. The van der Waals surface area contributed by atoms with Crippen LogP contribution in [0.4, 0.5) is 5.82 Å². The summed E-state index contributed by atoms with van der Waals surface area (Å²) >= 11 is 7.95. The van der Waals surface area contributed by atoms with Gasteiger partial charge in [0.25, 0.3) is 0 Å². The first-order valence-electron chi connectivity index (χ1n) is 8.05. The number of anilines is 1. The molecule has 24 heavy (non-hydrogen) atoms. The average Bonchev–Trinajstić information content (AvgIpc) is 3.28. The van der Waals surface area contributed by atoms with Crippen molar-refractivity contribution in [2.75, 3.05) is 18.0 Å². The van der Waals surface area contributed by atoms with E-state index >= 15 is 0 Å². The molecule has 0 amide bonds. The van der Waals surface area contributed by atoms with Gasteiger partial charge in [-0.25, -0.2) is 15.0 Å². The van der Waals surface area contributed by atoms with E-state index in [4.69, 9.17) is 11.6 Å². The zero-order valence-corrected chi connectivity index (χ0v) is 14.7. The predicted octanol–water partition coefficient (Wildman–Crippen LogP) is 3.82. The topological polar surface area (TPSA) is 46.8 Å². The van der Waals surface area contributed by atoms with Crippen LogP contribution < -0.4 is 4.90 Å². The molecule has 124 valence electrons. The molecular weight excluding hydrogens is 342 g/mol. The van der Waals surface area contributed by atoms with Crippen molar-refractivity contribution in [3.63, 3.8) is 0 Å². The molecule has 0 aliphatic carbocycles. The van der Waals surface area contributed by atoms with Crippen LogP contribution in [0.15, 0.2) is 41.6 Å². The number of aromatic nitrogens is 4. The number of thiazole rings is 1. The lowest BCUT2D eigenvalue weighted by atomic mass is 9.97. The molecule has 1 atom stereocenters. The highest BCUT2D eigenvalue weighted by Gasteiger charge is 2.26. The van der Waals surface area contributed by atoms with Gasteiger partial charge < -0.3 is 9.47 Å². The Hall–Kier alpha value is -1.92. The third-order valence-electron chi connectivity index (χ3n) is 4.39. The Balaban J connectivity index is 1.55. The fourth-order valence-corrected chi connectivity index (χ4v) is 4.09. The molecule has 1 aliphatic heterocycles. The summed E-state index contributed by atoms with van der Waals surface area (Å²) in [5.74, 6) is 2.38. The van der Waals surface area contributed by atoms with Gasteiger partial charge in [-0.1, -0.05) is 11.6 Å². The van der Waals surface area contributed by atoms with E-state index in [9.17, 15) is 0 Å². The number of halogens is 1. The van der Waals surface area contributed by atoms with Crippen molar-refractivity contribution >= 4 is 28.8 Å². The molecule has 0 aromatic carbocycles. The monoisotopic (exact) mass is 359 g/mol. The van der Waals surface area contributed by atoms with Crippen LogP contribution in [0.1, 0.15) is 30.3 Å². The molecule has 0 unspecified atom stereocenters. The molecule has 7 heteroatoms. The number of rotatable bonds is 4. The van der Waals surface area contributed by atoms with Crippen LogP contribution in [-0.2, 0) is 6.54 Å². The number of hydrogen-bond acceptors (Lipinski definition) is 5. The first-order valence-corrected chi connectivity index (χ1v) is 9.37. The quantitative estimate of drug-likeness (QED) is 0.710. The number of hydrogen-bond donors (Lipinski definition) is 0. The largest absolute Gasteiger partial charge is 0.355 e. The molecule has 3 aromatic rings. The van der Waals surface area contributed by atoms with Crippen LogP contribution in [0.25, 0.3) is 0 Å². The maximum atomic E-state index is 6.32. The van der Waals surface area contributed by atoms with E-state index in [-0.39, 0.29) is 0 Å². The van der Waals surface area contributed by atoms with Gasteiger partial charge in [0.2, 0.25) is 0 Å². The number of piperidine rings is 1. The molecular formula is C17H18ClN5S. The van der Waals surface area contributed by atoms with Crippen LogP contribution >= 0.6 is 22.9 Å². The van der Waals surface area contributed by atoms with Crippen molar-refractivity contribution in [1.82, 2.24) is 19.5 Å². The highest BCUT2D eigenvalue weighted by atomic mass is 35.5. The SMILES string of the molecule is Clc1cccnc1N1CCC[C@@H](c2nccn2Cc2cscn2)C1. The third-order valence-corrected chi connectivity index (χ3v) is 5.32. The summed E-state index contributed by atoms with van der Waals surface area (Å²) in [6.45, 7) is 2.66. The molecule has 5 nitrogen and oxygen atoms in total. The molecule has 0 radical (unpaired) electrons. The Bertz CT molecular complexity index is 801. The summed E-state index contributed by atoms with van der Waals surface area (Å²) < 4.78 is 2.21. The fraction of sp³-hybridized carbons (Fsp3) is 0.353. The average molecular weight is 360 g/mol.